The Morgan fingerprint density at radius 2 is 1.64 bits per heavy atom. The first-order valence-electron chi connectivity index (χ1n) is 3.52. The molecule has 0 fully saturated rings. The zero-order valence-electron chi connectivity index (χ0n) is 6.68. The van der Waals surface area contributed by atoms with Crippen LogP contribution in [0.15, 0.2) is 28.7 Å². The van der Waals surface area contributed by atoms with Gasteiger partial charge in [0.1, 0.15) is 5.75 Å². The molecule has 0 heterocycles. The molecule has 14 heavy (non-hydrogen) atoms. The van der Waals surface area contributed by atoms with Crippen molar-refractivity contribution < 1.29 is 22.3 Å². The minimum absolute atomic E-state index is 0.307. The van der Waals surface area contributed by atoms with Gasteiger partial charge in [-0.25, -0.2) is 0 Å². The van der Waals surface area contributed by atoms with E-state index in [0.717, 1.165) is 0 Å². The van der Waals surface area contributed by atoms with E-state index in [2.05, 4.69) is 20.7 Å². The molecule has 0 bridgehead atoms. The van der Waals surface area contributed by atoms with Crippen LogP contribution in [0.5, 0.6) is 5.75 Å². The molecule has 0 radical (unpaired) electrons. The van der Waals surface area contributed by atoms with Crippen molar-refractivity contribution in [2.24, 2.45) is 0 Å². The average Bonchev–Trinajstić information content (AvgIpc) is 2.08. The van der Waals surface area contributed by atoms with Gasteiger partial charge in [0.2, 0.25) is 0 Å². The van der Waals surface area contributed by atoms with Crippen molar-refractivity contribution in [1.82, 2.24) is 0 Å². The van der Waals surface area contributed by atoms with Crippen molar-refractivity contribution in [3.8, 4) is 5.75 Å². The lowest BCUT2D eigenvalue weighted by molar-refractivity contribution is -0.253. The molecule has 78 valence electrons. The second-order valence-electron chi connectivity index (χ2n) is 2.42. The summed E-state index contributed by atoms with van der Waals surface area (Å²) in [5, 5.41) is 0. The third kappa shape index (κ3) is 2.87. The van der Waals surface area contributed by atoms with Crippen LogP contribution in [-0.2, 0) is 0 Å². The summed E-state index contributed by atoms with van der Waals surface area (Å²) in [4.78, 5) is 0. The number of benzene rings is 1. The number of hydrogen-bond acceptors (Lipinski definition) is 1. The molecule has 0 aliphatic heterocycles. The fourth-order valence-corrected chi connectivity index (χ4v) is 0.969. The molecule has 0 saturated carbocycles. The standard InChI is InChI=1S/C8H5BrF4O/c9-5-1-3-6(4-2-5)14-8(12,13)7(10)11/h1-4,7H. The van der Waals surface area contributed by atoms with E-state index in [-0.39, 0.29) is 5.75 Å². The lowest BCUT2D eigenvalue weighted by atomic mass is 10.3. The summed E-state index contributed by atoms with van der Waals surface area (Å²) in [5.41, 5.74) is 0. The Balaban J connectivity index is 2.74. The summed E-state index contributed by atoms with van der Waals surface area (Å²) in [6.07, 6.45) is -8.29. The van der Waals surface area contributed by atoms with Crippen molar-refractivity contribution in [3.05, 3.63) is 28.7 Å². The largest absolute Gasteiger partial charge is 0.461 e. The van der Waals surface area contributed by atoms with Gasteiger partial charge in [-0.1, -0.05) is 15.9 Å². The lowest BCUT2D eigenvalue weighted by Gasteiger charge is -2.16. The first-order valence-corrected chi connectivity index (χ1v) is 4.31. The minimum Gasteiger partial charge on any atom is -0.428 e. The van der Waals surface area contributed by atoms with Crippen molar-refractivity contribution >= 4 is 15.9 Å². The molecule has 0 aliphatic carbocycles. The highest BCUT2D eigenvalue weighted by Crippen LogP contribution is 2.27. The van der Waals surface area contributed by atoms with E-state index in [1.165, 1.54) is 24.3 Å². The van der Waals surface area contributed by atoms with E-state index in [0.29, 0.717) is 4.47 Å². The molecule has 1 nitrogen and oxygen atoms in total. The summed E-state index contributed by atoms with van der Waals surface area (Å²) in [6, 6.07) is 5.16. The van der Waals surface area contributed by atoms with E-state index < -0.39 is 12.5 Å². The molecular formula is C8H5BrF4O. The molecule has 6 heteroatoms. The number of alkyl halides is 4. The third-order valence-electron chi connectivity index (χ3n) is 1.32. The molecule has 0 amide bonds. The van der Waals surface area contributed by atoms with Crippen molar-refractivity contribution in [3.63, 3.8) is 0 Å². The van der Waals surface area contributed by atoms with Gasteiger partial charge in [-0.2, -0.15) is 17.6 Å². The summed E-state index contributed by atoms with van der Waals surface area (Å²) < 4.78 is 52.5. The Hall–Kier alpha value is -0.780. The van der Waals surface area contributed by atoms with Crippen LogP contribution in [0, 0.1) is 0 Å². The second-order valence-corrected chi connectivity index (χ2v) is 3.33. The SMILES string of the molecule is FC(F)C(F)(F)Oc1ccc(Br)cc1. The molecule has 0 N–H and O–H groups in total. The fourth-order valence-electron chi connectivity index (χ4n) is 0.704. The van der Waals surface area contributed by atoms with Gasteiger partial charge in [0.05, 0.1) is 0 Å². The van der Waals surface area contributed by atoms with Crippen LogP contribution in [0.4, 0.5) is 17.6 Å². The second kappa shape index (κ2) is 4.16. The van der Waals surface area contributed by atoms with Crippen LogP contribution in [0.1, 0.15) is 0 Å². The van der Waals surface area contributed by atoms with E-state index in [1.54, 1.807) is 0 Å². The van der Waals surface area contributed by atoms with Gasteiger partial charge in [-0.15, -0.1) is 0 Å². The zero-order valence-corrected chi connectivity index (χ0v) is 8.27. The number of ether oxygens (including phenoxy) is 1. The number of halogens is 5. The lowest BCUT2D eigenvalue weighted by Crippen LogP contribution is -2.33. The maximum atomic E-state index is 12.3. The molecule has 1 rings (SSSR count). The minimum atomic E-state index is -4.45. The predicted molar refractivity (Wildman–Crippen MR) is 45.7 cm³/mol. The maximum absolute atomic E-state index is 12.3. The Kier molecular flexibility index (Phi) is 3.36. The van der Waals surface area contributed by atoms with Gasteiger partial charge < -0.3 is 4.74 Å². The van der Waals surface area contributed by atoms with E-state index in [4.69, 9.17) is 0 Å². The molecule has 0 aliphatic rings. The van der Waals surface area contributed by atoms with Crippen LogP contribution in [0.2, 0.25) is 0 Å². The van der Waals surface area contributed by atoms with Crippen molar-refractivity contribution in [1.29, 1.82) is 0 Å². The smallest absolute Gasteiger partial charge is 0.428 e. The van der Waals surface area contributed by atoms with Crippen LogP contribution in [-0.4, -0.2) is 12.5 Å². The van der Waals surface area contributed by atoms with Gasteiger partial charge in [0.25, 0.3) is 0 Å². The van der Waals surface area contributed by atoms with Crippen molar-refractivity contribution in [2.75, 3.05) is 0 Å². The molecular weight excluding hydrogens is 268 g/mol. The molecule has 0 spiro atoms. The van der Waals surface area contributed by atoms with E-state index in [9.17, 15) is 17.6 Å². The highest BCUT2D eigenvalue weighted by molar-refractivity contribution is 9.10. The zero-order chi connectivity index (χ0) is 10.8. The topological polar surface area (TPSA) is 9.23 Å². The highest BCUT2D eigenvalue weighted by atomic mass is 79.9. The summed E-state index contributed by atoms with van der Waals surface area (Å²) in [6.45, 7) is 0. The quantitative estimate of drug-likeness (QED) is 0.763. The van der Waals surface area contributed by atoms with Crippen LogP contribution in [0.25, 0.3) is 0 Å². The number of hydrogen-bond donors (Lipinski definition) is 0. The Bertz CT molecular complexity index is 299. The van der Waals surface area contributed by atoms with E-state index in [1.807, 2.05) is 0 Å². The van der Waals surface area contributed by atoms with Gasteiger partial charge in [-0.05, 0) is 24.3 Å². The summed E-state index contributed by atoms with van der Waals surface area (Å²) in [5.74, 6) is -0.307. The third-order valence-corrected chi connectivity index (χ3v) is 1.85. The van der Waals surface area contributed by atoms with Crippen LogP contribution < -0.4 is 4.74 Å². The first kappa shape index (κ1) is 11.3. The Labute approximate surface area is 85.8 Å². The van der Waals surface area contributed by atoms with Crippen molar-refractivity contribution in [2.45, 2.75) is 12.5 Å². The number of rotatable bonds is 3. The maximum Gasteiger partial charge on any atom is 0.461 e. The molecule has 1 aromatic carbocycles. The Morgan fingerprint density at radius 1 is 1.14 bits per heavy atom. The average molecular weight is 273 g/mol. The summed E-state index contributed by atoms with van der Waals surface area (Å²) >= 11 is 3.06. The monoisotopic (exact) mass is 272 g/mol. The summed E-state index contributed by atoms with van der Waals surface area (Å²) in [7, 11) is 0. The normalized spacial score (nSPS) is 11.9. The van der Waals surface area contributed by atoms with Gasteiger partial charge in [-0.3, -0.25) is 0 Å². The molecule has 0 atom stereocenters. The highest BCUT2D eigenvalue weighted by Gasteiger charge is 2.43. The molecule has 0 aromatic heterocycles. The van der Waals surface area contributed by atoms with E-state index >= 15 is 0 Å². The van der Waals surface area contributed by atoms with Crippen LogP contribution in [0.3, 0.4) is 0 Å². The Morgan fingerprint density at radius 3 is 2.07 bits per heavy atom. The van der Waals surface area contributed by atoms with Gasteiger partial charge in [0, 0.05) is 4.47 Å². The molecule has 0 saturated heterocycles. The van der Waals surface area contributed by atoms with Gasteiger partial charge in [0.15, 0.2) is 0 Å². The van der Waals surface area contributed by atoms with Crippen LogP contribution >= 0.6 is 15.9 Å². The molecule has 1 aromatic rings. The fraction of sp³-hybridized carbons (Fsp3) is 0.250. The molecule has 0 unspecified atom stereocenters. The van der Waals surface area contributed by atoms with Gasteiger partial charge >= 0.3 is 12.5 Å². The predicted octanol–water partition coefficient (Wildman–Crippen LogP) is 3.69. The first-order chi connectivity index (χ1) is 6.42.